The van der Waals surface area contributed by atoms with Crippen molar-refractivity contribution in [2.24, 2.45) is 5.92 Å². The minimum atomic E-state index is -1.58. The minimum absolute atomic E-state index is 0.206. The van der Waals surface area contributed by atoms with Gasteiger partial charge in [-0.2, -0.15) is 0 Å². The fourth-order valence-electron chi connectivity index (χ4n) is 2.59. The van der Waals surface area contributed by atoms with Crippen LogP contribution in [0.2, 0.25) is 0 Å². The van der Waals surface area contributed by atoms with E-state index in [4.69, 9.17) is 4.74 Å². The number of carboxylic acid groups (broad SMARTS) is 1. The highest BCUT2D eigenvalue weighted by Crippen LogP contribution is 2.23. The van der Waals surface area contributed by atoms with Crippen LogP contribution in [0, 0.1) is 5.92 Å². The van der Waals surface area contributed by atoms with Gasteiger partial charge < -0.3 is 20.3 Å². The van der Waals surface area contributed by atoms with Crippen molar-refractivity contribution in [3.63, 3.8) is 0 Å². The van der Waals surface area contributed by atoms with Gasteiger partial charge in [0.05, 0.1) is 0 Å². The molecule has 2 rings (SSSR count). The number of aliphatic carboxylic acids is 1. The lowest BCUT2D eigenvalue weighted by Gasteiger charge is -2.31. The lowest BCUT2D eigenvalue weighted by Crippen LogP contribution is -2.54. The number of benzene rings is 1. The average Bonchev–Trinajstić information content (AvgIpc) is 2.55. The summed E-state index contributed by atoms with van der Waals surface area (Å²) in [5.41, 5.74) is -1.13. The number of carboxylic acids is 1. The molecule has 6 heteroatoms. The topological polar surface area (TPSA) is 95.9 Å². The standard InChI is InChI=1S/C16H21NO5/c1-16(15(20)21,12-5-3-2-4-6-12)17-14(19)13(18)11-7-9-22-10-8-11/h2-6,11,13,18H,7-10H2,1H3,(H,17,19)(H,20,21). The Labute approximate surface area is 129 Å². The zero-order chi connectivity index (χ0) is 16.2. The molecule has 1 saturated heterocycles. The monoisotopic (exact) mass is 307 g/mol. The second-order valence-electron chi connectivity index (χ2n) is 5.68. The van der Waals surface area contributed by atoms with Crippen molar-refractivity contribution in [2.75, 3.05) is 13.2 Å². The molecule has 2 atom stereocenters. The Kier molecular flexibility index (Phi) is 5.15. The van der Waals surface area contributed by atoms with Crippen LogP contribution in [0.25, 0.3) is 0 Å². The maximum Gasteiger partial charge on any atom is 0.333 e. The van der Waals surface area contributed by atoms with Gasteiger partial charge in [-0.1, -0.05) is 30.3 Å². The third-order valence-electron chi connectivity index (χ3n) is 4.13. The van der Waals surface area contributed by atoms with Gasteiger partial charge in [-0.3, -0.25) is 4.79 Å². The van der Waals surface area contributed by atoms with E-state index in [-0.39, 0.29) is 5.92 Å². The summed E-state index contributed by atoms with van der Waals surface area (Å²) in [6.45, 7) is 2.42. The molecule has 1 amide bonds. The number of amides is 1. The third-order valence-corrected chi connectivity index (χ3v) is 4.13. The molecule has 1 fully saturated rings. The summed E-state index contributed by atoms with van der Waals surface area (Å²) in [6.07, 6.45) is -0.0563. The lowest BCUT2D eigenvalue weighted by molar-refractivity contribution is -0.150. The van der Waals surface area contributed by atoms with Gasteiger partial charge in [0.15, 0.2) is 5.54 Å². The molecule has 6 nitrogen and oxygen atoms in total. The van der Waals surface area contributed by atoms with E-state index < -0.39 is 23.5 Å². The Balaban J connectivity index is 2.14. The van der Waals surface area contributed by atoms with Crippen LogP contribution < -0.4 is 5.32 Å². The number of nitrogens with one attached hydrogen (secondary N) is 1. The Morgan fingerprint density at radius 1 is 1.27 bits per heavy atom. The van der Waals surface area contributed by atoms with Crippen LogP contribution >= 0.6 is 0 Å². The normalized spacial score (nSPS) is 19.9. The number of ether oxygens (including phenoxy) is 1. The fourth-order valence-corrected chi connectivity index (χ4v) is 2.59. The van der Waals surface area contributed by atoms with Crippen LogP contribution in [0.15, 0.2) is 30.3 Å². The van der Waals surface area contributed by atoms with Gasteiger partial charge in [0.1, 0.15) is 6.10 Å². The van der Waals surface area contributed by atoms with Crippen LogP contribution in [-0.2, 0) is 19.9 Å². The van der Waals surface area contributed by atoms with Crippen molar-refractivity contribution in [3.05, 3.63) is 35.9 Å². The Hall–Kier alpha value is -1.92. The third kappa shape index (κ3) is 3.45. The molecule has 0 radical (unpaired) electrons. The van der Waals surface area contributed by atoms with Gasteiger partial charge in [0, 0.05) is 13.2 Å². The molecule has 1 aromatic carbocycles. The summed E-state index contributed by atoms with van der Waals surface area (Å²) < 4.78 is 5.20. The van der Waals surface area contributed by atoms with Crippen molar-refractivity contribution >= 4 is 11.9 Å². The van der Waals surface area contributed by atoms with Gasteiger partial charge in [0.2, 0.25) is 5.91 Å². The molecule has 0 aromatic heterocycles. The molecule has 0 saturated carbocycles. The highest BCUT2D eigenvalue weighted by atomic mass is 16.5. The second-order valence-corrected chi connectivity index (χ2v) is 5.68. The zero-order valence-corrected chi connectivity index (χ0v) is 12.5. The van der Waals surface area contributed by atoms with E-state index in [2.05, 4.69) is 5.32 Å². The van der Waals surface area contributed by atoms with Crippen LogP contribution in [0.3, 0.4) is 0 Å². The predicted octanol–water partition coefficient (Wildman–Crippen LogP) is 0.890. The summed E-state index contributed by atoms with van der Waals surface area (Å²) in [4.78, 5) is 23.9. The summed E-state index contributed by atoms with van der Waals surface area (Å²) in [5.74, 6) is -2.05. The molecule has 2 unspecified atom stereocenters. The predicted molar refractivity (Wildman–Crippen MR) is 79.1 cm³/mol. The quantitative estimate of drug-likeness (QED) is 0.751. The Bertz CT molecular complexity index is 527. The highest BCUT2D eigenvalue weighted by molar-refractivity contribution is 5.89. The molecular weight excluding hydrogens is 286 g/mol. The van der Waals surface area contributed by atoms with E-state index in [1.54, 1.807) is 30.3 Å². The number of aliphatic hydroxyl groups excluding tert-OH is 1. The molecule has 0 aliphatic carbocycles. The maximum absolute atomic E-state index is 12.3. The first kappa shape index (κ1) is 16.5. The summed E-state index contributed by atoms with van der Waals surface area (Å²) in [7, 11) is 0. The molecule has 120 valence electrons. The summed E-state index contributed by atoms with van der Waals surface area (Å²) in [5, 5.41) is 22.2. The van der Waals surface area contributed by atoms with Gasteiger partial charge >= 0.3 is 5.97 Å². The van der Waals surface area contributed by atoms with E-state index in [1.807, 2.05) is 0 Å². The lowest BCUT2D eigenvalue weighted by atomic mass is 9.89. The maximum atomic E-state index is 12.3. The minimum Gasteiger partial charge on any atom is -0.479 e. The molecule has 1 aliphatic heterocycles. The first-order valence-electron chi connectivity index (χ1n) is 7.32. The number of aliphatic hydroxyl groups is 1. The van der Waals surface area contributed by atoms with Crippen molar-refractivity contribution in [1.82, 2.24) is 5.32 Å². The highest BCUT2D eigenvalue weighted by Gasteiger charge is 2.39. The Morgan fingerprint density at radius 3 is 2.41 bits per heavy atom. The number of carbonyl (C=O) groups is 2. The molecule has 1 aliphatic rings. The number of hydrogen-bond donors (Lipinski definition) is 3. The van der Waals surface area contributed by atoms with Crippen LogP contribution in [0.4, 0.5) is 0 Å². The number of carbonyl (C=O) groups excluding carboxylic acids is 1. The van der Waals surface area contributed by atoms with Gasteiger partial charge in [-0.05, 0) is 31.2 Å². The van der Waals surface area contributed by atoms with Gasteiger partial charge in [-0.25, -0.2) is 4.79 Å². The van der Waals surface area contributed by atoms with E-state index in [9.17, 15) is 19.8 Å². The molecule has 3 N–H and O–H groups in total. The summed E-state index contributed by atoms with van der Waals surface area (Å²) in [6, 6.07) is 8.45. The first-order chi connectivity index (χ1) is 10.4. The van der Waals surface area contributed by atoms with E-state index >= 15 is 0 Å². The first-order valence-corrected chi connectivity index (χ1v) is 7.32. The largest absolute Gasteiger partial charge is 0.479 e. The smallest absolute Gasteiger partial charge is 0.333 e. The molecular formula is C16H21NO5. The molecule has 22 heavy (non-hydrogen) atoms. The summed E-state index contributed by atoms with van der Waals surface area (Å²) >= 11 is 0. The average molecular weight is 307 g/mol. The van der Waals surface area contributed by atoms with Crippen LogP contribution in [0.5, 0.6) is 0 Å². The molecule has 1 aromatic rings. The van der Waals surface area contributed by atoms with E-state index in [1.165, 1.54) is 6.92 Å². The van der Waals surface area contributed by atoms with E-state index in [0.717, 1.165) is 0 Å². The van der Waals surface area contributed by atoms with Crippen LogP contribution in [0.1, 0.15) is 25.3 Å². The number of hydrogen-bond acceptors (Lipinski definition) is 4. The fraction of sp³-hybridized carbons (Fsp3) is 0.500. The van der Waals surface area contributed by atoms with Crippen molar-refractivity contribution < 1.29 is 24.5 Å². The zero-order valence-electron chi connectivity index (χ0n) is 12.5. The Morgan fingerprint density at radius 2 is 1.86 bits per heavy atom. The number of rotatable bonds is 5. The van der Waals surface area contributed by atoms with Crippen LogP contribution in [-0.4, -0.2) is 41.4 Å². The molecule has 1 heterocycles. The van der Waals surface area contributed by atoms with Crippen molar-refractivity contribution in [1.29, 1.82) is 0 Å². The SMILES string of the molecule is CC(NC(=O)C(O)C1CCOCC1)(C(=O)O)c1ccccc1. The second kappa shape index (κ2) is 6.89. The van der Waals surface area contributed by atoms with Gasteiger partial charge in [0.25, 0.3) is 0 Å². The van der Waals surface area contributed by atoms with E-state index in [0.29, 0.717) is 31.6 Å². The van der Waals surface area contributed by atoms with Crippen molar-refractivity contribution in [3.8, 4) is 0 Å². The van der Waals surface area contributed by atoms with Gasteiger partial charge in [-0.15, -0.1) is 0 Å². The molecule has 0 bridgehead atoms. The van der Waals surface area contributed by atoms with Crippen molar-refractivity contribution in [2.45, 2.75) is 31.4 Å². The molecule has 0 spiro atoms.